The maximum atomic E-state index is 5.92. The number of para-hydroxylation sites is 1. The monoisotopic (exact) mass is 465 g/mol. The Kier molecular flexibility index (Phi) is 7.32. The topological polar surface area (TPSA) is 58.8 Å². The van der Waals surface area contributed by atoms with Crippen LogP contribution in [0.15, 0.2) is 57.9 Å². The van der Waals surface area contributed by atoms with Crippen LogP contribution in [0.2, 0.25) is 0 Å². The Hall–Kier alpha value is -2.22. The van der Waals surface area contributed by atoms with Crippen LogP contribution in [-0.4, -0.2) is 20.1 Å². The van der Waals surface area contributed by atoms with Crippen LogP contribution >= 0.6 is 24.0 Å². The number of rotatable bonds is 5. The van der Waals surface area contributed by atoms with Gasteiger partial charge in [0.15, 0.2) is 5.96 Å². The molecule has 1 aromatic heterocycles. The minimum absolute atomic E-state index is 0. The Labute approximate surface area is 170 Å². The first-order valence-electron chi connectivity index (χ1n) is 8.25. The third-order valence-corrected chi connectivity index (χ3v) is 4.18. The third kappa shape index (κ3) is 4.69. The van der Waals surface area contributed by atoms with Crippen LogP contribution in [0.1, 0.15) is 16.9 Å². The number of ether oxygens (including phenoxy) is 1. The van der Waals surface area contributed by atoms with Crippen molar-refractivity contribution in [1.82, 2.24) is 10.6 Å². The van der Waals surface area contributed by atoms with Crippen molar-refractivity contribution in [3.05, 3.63) is 65.4 Å². The number of benzene rings is 2. The molecule has 5 nitrogen and oxygen atoms in total. The van der Waals surface area contributed by atoms with Crippen molar-refractivity contribution in [2.24, 2.45) is 4.99 Å². The lowest BCUT2D eigenvalue weighted by Crippen LogP contribution is -2.36. The van der Waals surface area contributed by atoms with Crippen molar-refractivity contribution in [3.63, 3.8) is 0 Å². The molecule has 26 heavy (non-hydrogen) atoms. The third-order valence-electron chi connectivity index (χ3n) is 4.18. The van der Waals surface area contributed by atoms with Gasteiger partial charge in [0, 0.05) is 24.5 Å². The molecule has 2 aromatic carbocycles. The van der Waals surface area contributed by atoms with Crippen molar-refractivity contribution >= 4 is 40.9 Å². The van der Waals surface area contributed by atoms with E-state index in [-0.39, 0.29) is 24.0 Å². The zero-order chi connectivity index (χ0) is 17.6. The molecule has 0 unspecified atom stereocenters. The second-order valence-electron chi connectivity index (χ2n) is 5.78. The van der Waals surface area contributed by atoms with E-state index in [1.165, 1.54) is 0 Å². The number of hydrogen-bond donors (Lipinski definition) is 2. The molecule has 0 saturated heterocycles. The number of methoxy groups -OCH3 is 1. The van der Waals surface area contributed by atoms with Crippen LogP contribution in [0.3, 0.4) is 0 Å². The van der Waals surface area contributed by atoms with Gasteiger partial charge in [-0.15, -0.1) is 24.0 Å². The number of fused-ring (bicyclic) bond motifs is 1. The second kappa shape index (κ2) is 9.47. The van der Waals surface area contributed by atoms with E-state index in [9.17, 15) is 0 Å². The quantitative estimate of drug-likeness (QED) is 0.337. The lowest BCUT2D eigenvalue weighted by atomic mass is 10.1. The minimum atomic E-state index is 0. The molecule has 0 aliphatic rings. The molecule has 0 amide bonds. The average molecular weight is 465 g/mol. The summed E-state index contributed by atoms with van der Waals surface area (Å²) < 4.78 is 11.2. The summed E-state index contributed by atoms with van der Waals surface area (Å²) in [6.45, 7) is 3.32. The molecule has 3 aromatic rings. The highest BCUT2D eigenvalue weighted by molar-refractivity contribution is 14.0. The smallest absolute Gasteiger partial charge is 0.191 e. The fourth-order valence-electron chi connectivity index (χ4n) is 2.75. The van der Waals surface area contributed by atoms with Gasteiger partial charge in [0.05, 0.1) is 13.7 Å². The first kappa shape index (κ1) is 20.1. The van der Waals surface area contributed by atoms with Gasteiger partial charge in [0.2, 0.25) is 0 Å². The summed E-state index contributed by atoms with van der Waals surface area (Å²) in [5.41, 5.74) is 3.20. The molecule has 0 radical (unpaired) electrons. The number of halogens is 1. The van der Waals surface area contributed by atoms with E-state index in [1.807, 2.05) is 42.5 Å². The largest absolute Gasteiger partial charge is 0.497 e. The Bertz CT molecular complexity index is 890. The van der Waals surface area contributed by atoms with Crippen molar-refractivity contribution in [2.75, 3.05) is 14.2 Å². The molecule has 0 atom stereocenters. The molecule has 1 heterocycles. The number of nitrogens with zero attached hydrogens (tertiary/aromatic N) is 1. The SMILES string of the molecule is CN=C(NCc1cccc(OC)c1)NCc1oc2ccccc2c1C.I. The summed E-state index contributed by atoms with van der Waals surface area (Å²) in [4.78, 5) is 4.27. The van der Waals surface area contributed by atoms with Crippen LogP contribution in [0.4, 0.5) is 0 Å². The summed E-state index contributed by atoms with van der Waals surface area (Å²) in [7, 11) is 3.43. The minimum Gasteiger partial charge on any atom is -0.497 e. The summed E-state index contributed by atoms with van der Waals surface area (Å²) in [5.74, 6) is 2.49. The maximum Gasteiger partial charge on any atom is 0.191 e. The first-order valence-corrected chi connectivity index (χ1v) is 8.25. The van der Waals surface area contributed by atoms with Gasteiger partial charge in [-0.25, -0.2) is 0 Å². The first-order chi connectivity index (χ1) is 12.2. The maximum absolute atomic E-state index is 5.92. The van der Waals surface area contributed by atoms with Crippen molar-refractivity contribution in [2.45, 2.75) is 20.0 Å². The van der Waals surface area contributed by atoms with Gasteiger partial charge in [0.1, 0.15) is 17.1 Å². The van der Waals surface area contributed by atoms with Gasteiger partial charge in [-0.1, -0.05) is 30.3 Å². The molecule has 3 rings (SSSR count). The molecular formula is C20H24IN3O2. The summed E-state index contributed by atoms with van der Waals surface area (Å²) in [5, 5.41) is 7.75. The van der Waals surface area contributed by atoms with Crippen LogP contribution in [0.25, 0.3) is 11.0 Å². The molecule has 2 N–H and O–H groups in total. The van der Waals surface area contributed by atoms with E-state index >= 15 is 0 Å². The van der Waals surface area contributed by atoms with Crippen LogP contribution in [-0.2, 0) is 13.1 Å². The molecule has 0 bridgehead atoms. The van der Waals surface area contributed by atoms with Crippen molar-refractivity contribution in [3.8, 4) is 5.75 Å². The number of hydrogen-bond acceptors (Lipinski definition) is 3. The standard InChI is InChI=1S/C20H23N3O2.HI/c1-14-17-9-4-5-10-18(17)25-19(14)13-23-20(21-2)22-12-15-7-6-8-16(11-15)24-3;/h4-11H,12-13H2,1-3H3,(H2,21,22,23);1H. The highest BCUT2D eigenvalue weighted by Gasteiger charge is 2.10. The van der Waals surface area contributed by atoms with E-state index in [0.29, 0.717) is 13.1 Å². The van der Waals surface area contributed by atoms with E-state index in [4.69, 9.17) is 9.15 Å². The molecule has 0 aliphatic heterocycles. The highest BCUT2D eigenvalue weighted by Crippen LogP contribution is 2.24. The summed E-state index contributed by atoms with van der Waals surface area (Å²) in [6.07, 6.45) is 0. The van der Waals surface area contributed by atoms with Crippen LogP contribution in [0, 0.1) is 6.92 Å². The van der Waals surface area contributed by atoms with Gasteiger partial charge in [-0.05, 0) is 30.7 Å². The fraction of sp³-hybridized carbons (Fsp3) is 0.250. The Morgan fingerprint density at radius 2 is 1.85 bits per heavy atom. The number of aliphatic imine (C=N–C) groups is 1. The van der Waals surface area contributed by atoms with Crippen molar-refractivity contribution < 1.29 is 9.15 Å². The van der Waals surface area contributed by atoms with E-state index in [0.717, 1.165) is 39.6 Å². The van der Waals surface area contributed by atoms with Gasteiger partial charge in [-0.2, -0.15) is 0 Å². The van der Waals surface area contributed by atoms with Crippen LogP contribution in [0.5, 0.6) is 5.75 Å². The number of aryl methyl sites for hydroxylation is 1. The zero-order valence-corrected chi connectivity index (χ0v) is 17.5. The lowest BCUT2D eigenvalue weighted by molar-refractivity contribution is 0.414. The fourth-order valence-corrected chi connectivity index (χ4v) is 2.75. The zero-order valence-electron chi connectivity index (χ0n) is 15.2. The second-order valence-corrected chi connectivity index (χ2v) is 5.78. The normalized spacial score (nSPS) is 11.1. The average Bonchev–Trinajstić information content (AvgIpc) is 2.98. The molecule has 0 fully saturated rings. The van der Waals surface area contributed by atoms with E-state index < -0.39 is 0 Å². The molecule has 0 aliphatic carbocycles. The van der Waals surface area contributed by atoms with Gasteiger partial charge in [-0.3, -0.25) is 4.99 Å². The Balaban J connectivity index is 0.00000243. The molecule has 6 heteroatoms. The lowest BCUT2D eigenvalue weighted by Gasteiger charge is -2.12. The Morgan fingerprint density at radius 3 is 2.58 bits per heavy atom. The van der Waals surface area contributed by atoms with Gasteiger partial charge < -0.3 is 19.8 Å². The molecule has 0 saturated carbocycles. The summed E-state index contributed by atoms with van der Waals surface area (Å²) >= 11 is 0. The highest BCUT2D eigenvalue weighted by atomic mass is 127. The Morgan fingerprint density at radius 1 is 1.08 bits per heavy atom. The number of guanidine groups is 1. The number of furan rings is 1. The van der Waals surface area contributed by atoms with Gasteiger partial charge in [0.25, 0.3) is 0 Å². The molecule has 0 spiro atoms. The van der Waals surface area contributed by atoms with Crippen molar-refractivity contribution in [1.29, 1.82) is 0 Å². The molecular weight excluding hydrogens is 441 g/mol. The predicted molar refractivity (Wildman–Crippen MR) is 116 cm³/mol. The van der Waals surface area contributed by atoms with Crippen LogP contribution < -0.4 is 15.4 Å². The molecule has 138 valence electrons. The van der Waals surface area contributed by atoms with E-state index in [1.54, 1.807) is 14.2 Å². The van der Waals surface area contributed by atoms with E-state index in [2.05, 4.69) is 28.6 Å². The number of nitrogens with one attached hydrogen (secondary N) is 2. The summed E-state index contributed by atoms with van der Waals surface area (Å²) in [6, 6.07) is 16.0. The predicted octanol–water partition coefficient (Wildman–Crippen LogP) is 4.23. The van der Waals surface area contributed by atoms with Gasteiger partial charge >= 0.3 is 0 Å².